The Morgan fingerprint density at radius 2 is 1.65 bits per heavy atom. The Morgan fingerprint density at radius 3 is 2.42 bits per heavy atom. The minimum absolute atomic E-state index is 0.0633. The molecule has 0 bridgehead atoms. The van der Waals surface area contributed by atoms with Crippen molar-refractivity contribution in [1.82, 2.24) is 10.6 Å². The van der Waals surface area contributed by atoms with E-state index in [4.69, 9.17) is 14.2 Å². The molecule has 0 heterocycles. The summed E-state index contributed by atoms with van der Waals surface area (Å²) < 4.78 is 31.4. The van der Waals surface area contributed by atoms with Crippen molar-refractivity contribution >= 4 is 5.91 Å². The van der Waals surface area contributed by atoms with E-state index in [2.05, 4.69) is 47.9 Å². The Bertz CT molecular complexity index is 1430. The van der Waals surface area contributed by atoms with Crippen LogP contribution in [0.2, 0.25) is 0 Å². The summed E-state index contributed by atoms with van der Waals surface area (Å²) in [6.07, 6.45) is 0. The molecular weight excluding hydrogens is 507 g/mol. The fourth-order valence-corrected chi connectivity index (χ4v) is 4.34. The van der Waals surface area contributed by atoms with Gasteiger partial charge in [0.1, 0.15) is 24.7 Å². The van der Waals surface area contributed by atoms with Crippen LogP contribution < -0.4 is 24.8 Å². The number of ether oxygens (including phenoxy) is 3. The van der Waals surface area contributed by atoms with E-state index in [0.717, 1.165) is 16.7 Å². The van der Waals surface area contributed by atoms with Gasteiger partial charge in [-0.25, -0.2) is 4.39 Å². The van der Waals surface area contributed by atoms with Gasteiger partial charge < -0.3 is 24.8 Å². The molecule has 0 aliphatic rings. The third-order valence-electron chi connectivity index (χ3n) is 6.56. The predicted octanol–water partition coefficient (Wildman–Crippen LogP) is 6.19. The van der Waals surface area contributed by atoms with Crippen molar-refractivity contribution in [2.45, 2.75) is 33.6 Å². The zero-order valence-electron chi connectivity index (χ0n) is 23.1. The number of rotatable bonds is 13. The highest BCUT2D eigenvalue weighted by molar-refractivity contribution is 5.72. The molecule has 4 rings (SSSR count). The molecule has 0 saturated heterocycles. The van der Waals surface area contributed by atoms with Gasteiger partial charge in [0.2, 0.25) is 5.91 Å². The average Bonchev–Trinajstić information content (AvgIpc) is 2.97. The fourth-order valence-electron chi connectivity index (χ4n) is 4.34. The molecule has 0 radical (unpaired) electrons. The van der Waals surface area contributed by atoms with Gasteiger partial charge in [0.15, 0.2) is 11.6 Å². The van der Waals surface area contributed by atoms with Gasteiger partial charge in [-0.1, -0.05) is 60.7 Å². The minimum Gasteiger partial charge on any atom is -0.494 e. The molecule has 6 nitrogen and oxygen atoms in total. The van der Waals surface area contributed by atoms with Crippen LogP contribution in [0, 0.1) is 12.7 Å². The molecule has 4 aromatic carbocycles. The van der Waals surface area contributed by atoms with Crippen molar-refractivity contribution < 1.29 is 23.4 Å². The molecule has 40 heavy (non-hydrogen) atoms. The van der Waals surface area contributed by atoms with Gasteiger partial charge in [-0.15, -0.1) is 0 Å². The number of benzene rings is 4. The first-order valence-electron chi connectivity index (χ1n) is 13.2. The second-order valence-corrected chi connectivity index (χ2v) is 9.43. The first kappa shape index (κ1) is 28.6. The smallest absolute Gasteiger partial charge is 0.216 e. The predicted molar refractivity (Wildman–Crippen MR) is 155 cm³/mol. The van der Waals surface area contributed by atoms with Gasteiger partial charge in [0, 0.05) is 38.2 Å². The number of nitrogens with one attached hydrogen (secondary N) is 2. The number of hydrogen-bond acceptors (Lipinski definition) is 5. The van der Waals surface area contributed by atoms with E-state index in [-0.39, 0.29) is 18.3 Å². The largest absolute Gasteiger partial charge is 0.494 e. The maximum atomic E-state index is 13.9. The van der Waals surface area contributed by atoms with Crippen molar-refractivity contribution in [2.24, 2.45) is 0 Å². The van der Waals surface area contributed by atoms with E-state index in [9.17, 15) is 9.18 Å². The number of hydrogen-bond donors (Lipinski definition) is 2. The molecule has 208 valence electrons. The minimum atomic E-state index is -0.419. The van der Waals surface area contributed by atoms with Gasteiger partial charge >= 0.3 is 0 Å². The summed E-state index contributed by atoms with van der Waals surface area (Å²) in [7, 11) is 1.44. The first-order chi connectivity index (χ1) is 19.4. The van der Waals surface area contributed by atoms with Crippen LogP contribution in [0.3, 0.4) is 0 Å². The van der Waals surface area contributed by atoms with Gasteiger partial charge in [-0.2, -0.15) is 0 Å². The lowest BCUT2D eigenvalue weighted by Gasteiger charge is -2.16. The highest BCUT2D eigenvalue weighted by Crippen LogP contribution is 2.29. The molecule has 0 spiro atoms. The Morgan fingerprint density at radius 1 is 0.825 bits per heavy atom. The Hall–Kier alpha value is -4.36. The number of carbonyl (C=O) groups is 1. The standard InChI is InChI=1S/C33H35FN2O4/c1-23-28(10-7-11-30(23)26-8-5-4-6-9-26)22-39-29-14-13-27(20-35-16-17-36-24(2)37)32(19-29)40-21-25-12-15-31(34)33(18-25)38-3/h4-15,18-19,35H,16-17,20-22H2,1-3H3,(H,36,37). The lowest BCUT2D eigenvalue weighted by molar-refractivity contribution is -0.118. The highest BCUT2D eigenvalue weighted by Gasteiger charge is 2.11. The summed E-state index contributed by atoms with van der Waals surface area (Å²) in [6.45, 7) is 5.94. The van der Waals surface area contributed by atoms with Crippen LogP contribution in [-0.4, -0.2) is 26.1 Å². The monoisotopic (exact) mass is 542 g/mol. The Kier molecular flexibility index (Phi) is 10.1. The maximum absolute atomic E-state index is 13.9. The third-order valence-corrected chi connectivity index (χ3v) is 6.56. The van der Waals surface area contributed by atoms with Crippen LogP contribution in [0.1, 0.15) is 29.2 Å². The number of halogens is 1. The van der Waals surface area contributed by atoms with E-state index in [1.165, 1.54) is 36.8 Å². The molecule has 0 aromatic heterocycles. The van der Waals surface area contributed by atoms with Gasteiger partial charge in [-0.3, -0.25) is 4.79 Å². The van der Waals surface area contributed by atoms with Crippen LogP contribution in [-0.2, 0) is 24.6 Å². The Labute approximate surface area is 235 Å². The van der Waals surface area contributed by atoms with Crippen LogP contribution >= 0.6 is 0 Å². The summed E-state index contributed by atoms with van der Waals surface area (Å²) in [4.78, 5) is 11.1. The fraction of sp³-hybridized carbons (Fsp3) is 0.242. The van der Waals surface area contributed by atoms with E-state index >= 15 is 0 Å². The van der Waals surface area contributed by atoms with Gasteiger partial charge in [0.05, 0.1) is 7.11 Å². The molecule has 0 aliphatic heterocycles. The van der Waals surface area contributed by atoms with Crippen LogP contribution in [0.15, 0.2) is 84.9 Å². The van der Waals surface area contributed by atoms with E-state index in [0.29, 0.717) is 37.7 Å². The second-order valence-electron chi connectivity index (χ2n) is 9.43. The van der Waals surface area contributed by atoms with Crippen LogP contribution in [0.4, 0.5) is 4.39 Å². The zero-order valence-corrected chi connectivity index (χ0v) is 23.1. The molecule has 7 heteroatoms. The molecular formula is C33H35FN2O4. The SMILES string of the molecule is COc1cc(COc2cc(OCc3cccc(-c4ccccc4)c3C)ccc2CNCCNC(C)=O)ccc1F. The topological polar surface area (TPSA) is 68.8 Å². The molecule has 0 aliphatic carbocycles. The van der Waals surface area contributed by atoms with Crippen molar-refractivity contribution in [1.29, 1.82) is 0 Å². The van der Waals surface area contributed by atoms with E-state index in [1.54, 1.807) is 12.1 Å². The average molecular weight is 543 g/mol. The van der Waals surface area contributed by atoms with Crippen molar-refractivity contribution in [3.05, 3.63) is 113 Å². The summed E-state index contributed by atoms with van der Waals surface area (Å²) in [5.74, 6) is 1.02. The lowest BCUT2D eigenvalue weighted by Crippen LogP contribution is -2.30. The zero-order chi connectivity index (χ0) is 28.3. The molecule has 0 fully saturated rings. The first-order valence-corrected chi connectivity index (χ1v) is 13.2. The van der Waals surface area contributed by atoms with Gasteiger partial charge in [-0.05, 0) is 52.9 Å². The normalized spacial score (nSPS) is 10.7. The third kappa shape index (κ3) is 7.83. The Balaban J connectivity index is 1.48. The quantitative estimate of drug-likeness (QED) is 0.197. The van der Waals surface area contributed by atoms with Crippen molar-refractivity contribution in [2.75, 3.05) is 20.2 Å². The lowest BCUT2D eigenvalue weighted by atomic mass is 9.97. The van der Waals surface area contributed by atoms with Crippen molar-refractivity contribution in [3.63, 3.8) is 0 Å². The van der Waals surface area contributed by atoms with Crippen molar-refractivity contribution in [3.8, 4) is 28.4 Å². The molecule has 1 amide bonds. The van der Waals surface area contributed by atoms with Gasteiger partial charge in [0.25, 0.3) is 0 Å². The number of carbonyl (C=O) groups excluding carboxylic acids is 1. The summed E-state index contributed by atoms with van der Waals surface area (Å²) in [6, 6.07) is 27.0. The molecule has 0 atom stereocenters. The molecule has 0 saturated carbocycles. The summed E-state index contributed by atoms with van der Waals surface area (Å²) in [5.41, 5.74) is 6.35. The van der Waals surface area contributed by atoms with Crippen LogP contribution in [0.5, 0.6) is 17.2 Å². The van der Waals surface area contributed by atoms with Crippen LogP contribution in [0.25, 0.3) is 11.1 Å². The molecule has 4 aromatic rings. The summed E-state index contributed by atoms with van der Waals surface area (Å²) >= 11 is 0. The molecule has 2 N–H and O–H groups in total. The molecule has 0 unspecified atom stereocenters. The second kappa shape index (κ2) is 14.1. The maximum Gasteiger partial charge on any atom is 0.216 e. The van der Waals surface area contributed by atoms with E-state index in [1.807, 2.05) is 36.4 Å². The number of methoxy groups -OCH3 is 1. The van der Waals surface area contributed by atoms with E-state index < -0.39 is 5.82 Å². The highest BCUT2D eigenvalue weighted by atomic mass is 19.1. The summed E-state index contributed by atoms with van der Waals surface area (Å²) in [5, 5.41) is 6.10. The number of amides is 1.